The smallest absolute Gasteiger partial charge is 0.191 e. The van der Waals surface area contributed by atoms with Gasteiger partial charge in [-0.1, -0.05) is 36.4 Å². The number of benzene rings is 2. The van der Waals surface area contributed by atoms with E-state index in [0.717, 1.165) is 37.9 Å². The summed E-state index contributed by atoms with van der Waals surface area (Å²) in [5, 5.41) is 6.96. The predicted octanol–water partition coefficient (Wildman–Crippen LogP) is 3.73. The number of nitrogens with zero attached hydrogens (tertiary/aromatic N) is 2. The predicted molar refractivity (Wildman–Crippen MR) is 127 cm³/mol. The summed E-state index contributed by atoms with van der Waals surface area (Å²) in [5.41, 5.74) is 3.65. The lowest BCUT2D eigenvalue weighted by molar-refractivity contribution is 0.185. The van der Waals surface area contributed by atoms with Crippen molar-refractivity contribution in [2.75, 3.05) is 40.4 Å². The van der Waals surface area contributed by atoms with E-state index in [-0.39, 0.29) is 0 Å². The van der Waals surface area contributed by atoms with E-state index in [1.165, 1.54) is 29.5 Å². The first-order valence-corrected chi connectivity index (χ1v) is 11.2. The van der Waals surface area contributed by atoms with E-state index in [4.69, 9.17) is 14.5 Å². The first-order chi connectivity index (χ1) is 15.2. The van der Waals surface area contributed by atoms with Gasteiger partial charge < -0.3 is 20.1 Å². The Kier molecular flexibility index (Phi) is 9.18. The van der Waals surface area contributed by atoms with Gasteiger partial charge in [0.05, 0.1) is 26.3 Å². The van der Waals surface area contributed by atoms with E-state index in [1.54, 1.807) is 14.2 Å². The molecule has 1 aliphatic heterocycles. The van der Waals surface area contributed by atoms with Gasteiger partial charge in [-0.25, -0.2) is 4.99 Å². The van der Waals surface area contributed by atoms with Gasteiger partial charge in [0.1, 0.15) is 5.75 Å². The van der Waals surface area contributed by atoms with E-state index < -0.39 is 0 Å². The average Bonchev–Trinajstić information content (AvgIpc) is 3.33. The molecule has 2 aromatic rings. The molecule has 0 radical (unpaired) electrons. The highest BCUT2D eigenvalue weighted by atomic mass is 16.5. The number of rotatable bonds is 10. The molecule has 31 heavy (non-hydrogen) atoms. The number of aliphatic imine (C=N–C) groups is 1. The molecule has 1 heterocycles. The molecule has 1 saturated heterocycles. The number of hydrogen-bond donors (Lipinski definition) is 2. The third-order valence-corrected chi connectivity index (χ3v) is 5.61. The Hall–Kier alpha value is -2.57. The van der Waals surface area contributed by atoms with Crippen LogP contribution >= 0.6 is 0 Å². The van der Waals surface area contributed by atoms with Crippen molar-refractivity contribution in [1.29, 1.82) is 0 Å². The van der Waals surface area contributed by atoms with Crippen LogP contribution in [0, 0.1) is 0 Å². The summed E-state index contributed by atoms with van der Waals surface area (Å²) < 4.78 is 10.6. The van der Waals surface area contributed by atoms with Crippen LogP contribution < -0.4 is 15.4 Å². The van der Waals surface area contributed by atoms with Gasteiger partial charge in [0.2, 0.25) is 0 Å². The molecule has 0 aromatic heterocycles. The first-order valence-electron chi connectivity index (χ1n) is 11.2. The Morgan fingerprint density at radius 2 is 1.77 bits per heavy atom. The molecule has 0 bridgehead atoms. The van der Waals surface area contributed by atoms with E-state index >= 15 is 0 Å². The average molecular weight is 425 g/mol. The largest absolute Gasteiger partial charge is 0.497 e. The summed E-state index contributed by atoms with van der Waals surface area (Å²) in [5.74, 6) is 1.74. The van der Waals surface area contributed by atoms with Crippen LogP contribution in [0.25, 0.3) is 0 Å². The zero-order valence-corrected chi connectivity index (χ0v) is 19.1. The number of guanidine groups is 1. The molecule has 0 spiro atoms. The molecular formula is C25H36N4O2. The third kappa shape index (κ3) is 6.97. The molecule has 1 fully saturated rings. The van der Waals surface area contributed by atoms with Crippen molar-refractivity contribution in [3.8, 4) is 5.75 Å². The highest BCUT2D eigenvalue weighted by Crippen LogP contribution is 2.26. The molecule has 2 N–H and O–H groups in total. The summed E-state index contributed by atoms with van der Waals surface area (Å²) in [6, 6.07) is 17.2. The molecule has 1 atom stereocenters. The number of ether oxygens (including phenoxy) is 2. The Labute approximate surface area is 186 Å². The van der Waals surface area contributed by atoms with Crippen molar-refractivity contribution >= 4 is 5.96 Å². The maximum Gasteiger partial charge on any atom is 0.191 e. The van der Waals surface area contributed by atoms with Crippen LogP contribution in [-0.2, 0) is 17.9 Å². The second kappa shape index (κ2) is 12.3. The van der Waals surface area contributed by atoms with E-state index in [1.807, 2.05) is 12.1 Å². The molecular weight excluding hydrogens is 388 g/mol. The lowest BCUT2D eigenvalue weighted by atomic mass is 10.1. The maximum atomic E-state index is 5.34. The van der Waals surface area contributed by atoms with Gasteiger partial charge in [0, 0.05) is 20.2 Å². The molecule has 0 amide bonds. The van der Waals surface area contributed by atoms with E-state index in [0.29, 0.717) is 19.2 Å². The number of nitrogens with one attached hydrogen (secondary N) is 2. The minimum Gasteiger partial charge on any atom is -0.497 e. The Morgan fingerprint density at radius 3 is 2.45 bits per heavy atom. The van der Waals surface area contributed by atoms with Crippen LogP contribution in [0.15, 0.2) is 53.5 Å². The standard InChI is InChI=1S/C25H36N4O2/c1-4-26-25(27-17-20-8-7-9-21(16-20)19-30-2)28-18-24(29-14-5-6-15-29)22-10-12-23(31-3)13-11-22/h7-13,16,24H,4-6,14-15,17-19H2,1-3H3,(H2,26,27,28). The Balaban J connectivity index is 1.68. The number of likely N-dealkylation sites (tertiary alicyclic amines) is 1. The van der Waals surface area contributed by atoms with Gasteiger partial charge in [0.25, 0.3) is 0 Å². The SMILES string of the molecule is CCNC(=NCc1cccc(COC)c1)NCC(c1ccc(OC)cc1)N1CCCC1. The summed E-state index contributed by atoms with van der Waals surface area (Å²) in [7, 11) is 3.43. The molecule has 168 valence electrons. The fourth-order valence-electron chi connectivity index (χ4n) is 4.03. The molecule has 2 aromatic carbocycles. The van der Waals surface area contributed by atoms with Gasteiger partial charge in [-0.15, -0.1) is 0 Å². The van der Waals surface area contributed by atoms with Crippen LogP contribution in [0.1, 0.15) is 42.5 Å². The first kappa shape index (κ1) is 23.1. The minimum atomic E-state index is 0.308. The van der Waals surface area contributed by atoms with Crippen LogP contribution in [0.5, 0.6) is 5.75 Å². The Morgan fingerprint density at radius 1 is 1.03 bits per heavy atom. The van der Waals surface area contributed by atoms with Crippen molar-refractivity contribution in [1.82, 2.24) is 15.5 Å². The topological polar surface area (TPSA) is 58.1 Å². The molecule has 6 nitrogen and oxygen atoms in total. The molecule has 6 heteroatoms. The highest BCUT2D eigenvalue weighted by Gasteiger charge is 2.23. The van der Waals surface area contributed by atoms with Gasteiger partial charge in [-0.05, 0) is 61.7 Å². The van der Waals surface area contributed by atoms with Crippen LogP contribution in [0.2, 0.25) is 0 Å². The van der Waals surface area contributed by atoms with Gasteiger partial charge in [-0.3, -0.25) is 4.90 Å². The van der Waals surface area contributed by atoms with Crippen LogP contribution in [0.3, 0.4) is 0 Å². The summed E-state index contributed by atoms with van der Waals surface area (Å²) >= 11 is 0. The molecule has 1 aliphatic rings. The van der Waals surface area contributed by atoms with Crippen molar-refractivity contribution in [2.45, 2.75) is 39.0 Å². The quantitative estimate of drug-likeness (QED) is 0.450. The van der Waals surface area contributed by atoms with Crippen LogP contribution in [0.4, 0.5) is 0 Å². The molecule has 3 rings (SSSR count). The zero-order valence-electron chi connectivity index (χ0n) is 19.1. The monoisotopic (exact) mass is 424 g/mol. The maximum absolute atomic E-state index is 5.34. The van der Waals surface area contributed by atoms with E-state index in [2.05, 4.69) is 58.9 Å². The summed E-state index contributed by atoms with van der Waals surface area (Å²) in [6.45, 7) is 7.25. The number of methoxy groups -OCH3 is 2. The van der Waals surface area contributed by atoms with Crippen molar-refractivity contribution in [3.63, 3.8) is 0 Å². The van der Waals surface area contributed by atoms with Crippen LogP contribution in [-0.4, -0.2) is 51.3 Å². The van der Waals surface area contributed by atoms with Gasteiger partial charge in [-0.2, -0.15) is 0 Å². The molecule has 0 saturated carbocycles. The van der Waals surface area contributed by atoms with Crippen molar-refractivity contribution in [3.05, 3.63) is 65.2 Å². The lowest BCUT2D eigenvalue weighted by Crippen LogP contribution is -2.42. The van der Waals surface area contributed by atoms with Crippen molar-refractivity contribution in [2.24, 2.45) is 4.99 Å². The van der Waals surface area contributed by atoms with Gasteiger partial charge >= 0.3 is 0 Å². The fourth-order valence-corrected chi connectivity index (χ4v) is 4.03. The lowest BCUT2D eigenvalue weighted by Gasteiger charge is -2.29. The third-order valence-electron chi connectivity index (χ3n) is 5.61. The minimum absolute atomic E-state index is 0.308. The second-order valence-corrected chi connectivity index (χ2v) is 7.86. The second-order valence-electron chi connectivity index (χ2n) is 7.86. The normalized spacial score (nSPS) is 15.6. The zero-order chi connectivity index (χ0) is 21.9. The Bertz CT molecular complexity index is 817. The fraction of sp³-hybridized carbons (Fsp3) is 0.480. The highest BCUT2D eigenvalue weighted by molar-refractivity contribution is 5.79. The molecule has 1 unspecified atom stereocenters. The van der Waals surface area contributed by atoms with Crippen molar-refractivity contribution < 1.29 is 9.47 Å². The summed E-state index contributed by atoms with van der Waals surface area (Å²) in [4.78, 5) is 7.38. The van der Waals surface area contributed by atoms with Gasteiger partial charge in [0.15, 0.2) is 5.96 Å². The van der Waals surface area contributed by atoms with E-state index in [9.17, 15) is 0 Å². The molecule has 0 aliphatic carbocycles. The number of hydrogen-bond acceptors (Lipinski definition) is 4. The summed E-state index contributed by atoms with van der Waals surface area (Å²) in [6.07, 6.45) is 2.53.